The van der Waals surface area contributed by atoms with Gasteiger partial charge in [0.25, 0.3) is 5.91 Å². The van der Waals surface area contributed by atoms with Crippen molar-refractivity contribution in [2.24, 2.45) is 17.6 Å². The van der Waals surface area contributed by atoms with E-state index in [4.69, 9.17) is 5.73 Å². The number of likely N-dealkylation sites (N-methyl/N-ethyl adjacent to an activating group) is 1. The van der Waals surface area contributed by atoms with Crippen molar-refractivity contribution in [3.63, 3.8) is 0 Å². The van der Waals surface area contributed by atoms with Gasteiger partial charge in [-0.3, -0.25) is 19.3 Å². The molecule has 10 heteroatoms. The molecule has 0 spiro atoms. The van der Waals surface area contributed by atoms with Gasteiger partial charge < -0.3 is 26.2 Å². The van der Waals surface area contributed by atoms with Crippen LogP contribution in [0.2, 0.25) is 0 Å². The van der Waals surface area contributed by atoms with Crippen LogP contribution in [0.15, 0.2) is 47.2 Å². The Balaban J connectivity index is 0.00000289. The number of nitrogens with zero attached hydrogens (tertiary/aromatic N) is 1. The van der Waals surface area contributed by atoms with E-state index >= 15 is 0 Å². The third-order valence-electron chi connectivity index (χ3n) is 7.43. The minimum atomic E-state index is -2.63. The molecule has 4 atom stereocenters. The van der Waals surface area contributed by atoms with Crippen LogP contribution in [0, 0.1) is 11.8 Å². The van der Waals surface area contributed by atoms with Gasteiger partial charge in [0.2, 0.25) is 5.78 Å². The van der Waals surface area contributed by atoms with E-state index in [0.717, 1.165) is 5.39 Å². The predicted molar refractivity (Wildman–Crippen MR) is 129 cm³/mol. The number of hydrogen-bond donors (Lipinski definition) is 5. The number of ketones is 2. The fraction of sp³-hybridized carbons (Fsp3) is 0.320. The van der Waals surface area contributed by atoms with Crippen molar-refractivity contribution in [3.05, 3.63) is 58.4 Å². The Morgan fingerprint density at radius 1 is 1.14 bits per heavy atom. The van der Waals surface area contributed by atoms with E-state index in [1.807, 2.05) is 18.2 Å². The number of nitrogens with two attached hydrogens (primary N) is 1. The molecule has 35 heavy (non-hydrogen) atoms. The fourth-order valence-corrected chi connectivity index (χ4v) is 5.96. The summed E-state index contributed by atoms with van der Waals surface area (Å²) in [7, 11) is 3.13. The fourth-order valence-electron chi connectivity index (χ4n) is 5.96. The Hall–Kier alpha value is -3.40. The Labute approximate surface area is 206 Å². The highest BCUT2D eigenvalue weighted by molar-refractivity contribution is 6.24. The number of hydrogen-bond acceptors (Lipinski definition) is 8. The molecule has 5 rings (SSSR count). The van der Waals surface area contributed by atoms with E-state index in [9.17, 15) is 34.8 Å². The van der Waals surface area contributed by atoms with Gasteiger partial charge in [-0.05, 0) is 43.8 Å². The third-order valence-corrected chi connectivity index (χ3v) is 7.43. The summed E-state index contributed by atoms with van der Waals surface area (Å²) in [4.78, 5) is 40.3. The predicted octanol–water partition coefficient (Wildman–Crippen LogP) is 1.54. The first-order valence-corrected chi connectivity index (χ1v) is 10.9. The average Bonchev–Trinajstić information content (AvgIpc) is 2.76. The largest absolute Gasteiger partial charge is 0.508 e. The number of aliphatic hydroxyl groups excluding tert-OH is 2. The summed E-state index contributed by atoms with van der Waals surface area (Å²) in [5.41, 5.74) is 2.43. The number of halogens is 1. The maximum absolute atomic E-state index is 13.7. The molecule has 184 valence electrons. The Bertz CT molecular complexity index is 1380. The summed E-state index contributed by atoms with van der Waals surface area (Å²) < 4.78 is 0. The van der Waals surface area contributed by atoms with Crippen LogP contribution in [0.5, 0.6) is 5.75 Å². The molecule has 6 N–H and O–H groups in total. The quantitative estimate of drug-likeness (QED) is 0.388. The number of aromatic hydroxyl groups is 1. The maximum Gasteiger partial charge on any atom is 0.255 e. The van der Waals surface area contributed by atoms with Gasteiger partial charge in [-0.25, -0.2) is 0 Å². The van der Waals surface area contributed by atoms with Gasteiger partial charge in [0.05, 0.1) is 11.6 Å². The smallest absolute Gasteiger partial charge is 0.255 e. The van der Waals surface area contributed by atoms with Crippen molar-refractivity contribution in [2.75, 3.05) is 14.1 Å². The molecule has 3 aliphatic carbocycles. The van der Waals surface area contributed by atoms with E-state index < -0.39 is 58.0 Å². The lowest BCUT2D eigenvalue weighted by molar-refractivity contribution is -0.153. The standard InChI is InChI=1S/C25H24N2O7.ClH/c1-27(2)18-14-9-12-8-11-7-10-5-3-4-6-13(10)19(28)15(11)20(29)16(12)22(31)25(14,34)23(32)17(21(18)30)24(26)33;/h3-7,12,14,18,28-29,32,34H,8-9H2,1-2H3,(H2,26,33);1H/t12-,14-,18-,25-;/m0./s1. The van der Waals surface area contributed by atoms with Crippen LogP contribution < -0.4 is 5.73 Å². The minimum absolute atomic E-state index is 0. The Morgan fingerprint density at radius 2 is 1.80 bits per heavy atom. The van der Waals surface area contributed by atoms with Crippen molar-refractivity contribution < 1.29 is 34.8 Å². The highest BCUT2D eigenvalue weighted by Crippen LogP contribution is 2.53. The number of fused-ring (bicyclic) bond motifs is 4. The summed E-state index contributed by atoms with van der Waals surface area (Å²) in [6.07, 6.45) is 0.340. The Morgan fingerprint density at radius 3 is 2.43 bits per heavy atom. The van der Waals surface area contributed by atoms with E-state index in [0.29, 0.717) is 10.9 Å². The second kappa shape index (κ2) is 8.08. The molecule has 1 saturated carbocycles. The second-order valence-electron chi connectivity index (χ2n) is 9.44. The topological polar surface area (TPSA) is 161 Å². The van der Waals surface area contributed by atoms with E-state index in [1.54, 1.807) is 26.2 Å². The van der Waals surface area contributed by atoms with Crippen LogP contribution in [0.25, 0.3) is 16.5 Å². The van der Waals surface area contributed by atoms with Gasteiger partial charge in [-0.1, -0.05) is 30.3 Å². The molecule has 0 bridgehead atoms. The van der Waals surface area contributed by atoms with Crippen LogP contribution in [0.4, 0.5) is 0 Å². The molecule has 0 saturated heterocycles. The molecule has 0 aliphatic heterocycles. The van der Waals surface area contributed by atoms with E-state index in [1.165, 1.54) is 4.90 Å². The van der Waals surface area contributed by atoms with Gasteiger partial charge in [0.1, 0.15) is 22.8 Å². The van der Waals surface area contributed by atoms with Crippen LogP contribution in [-0.4, -0.2) is 68.5 Å². The number of phenols is 1. The molecule has 0 heterocycles. The maximum atomic E-state index is 13.7. The van der Waals surface area contributed by atoms with Crippen LogP contribution in [0.3, 0.4) is 0 Å². The lowest BCUT2D eigenvalue weighted by Gasteiger charge is -2.50. The minimum Gasteiger partial charge on any atom is -0.508 e. The SMILES string of the molecule is CN(C)[C@@H]1C(=O)C(C(N)=O)=C(O)[C@@]2(O)C(=O)C3=C(O)c4c(cc5ccccc5c4O)C[C@H]3C[C@@H]12.Cl. The third kappa shape index (κ3) is 3.12. The molecule has 0 radical (unpaired) electrons. The summed E-state index contributed by atoms with van der Waals surface area (Å²) in [5, 5.41) is 45.7. The van der Waals surface area contributed by atoms with Crippen LogP contribution in [0.1, 0.15) is 17.5 Å². The first kappa shape index (κ1) is 24.7. The highest BCUT2D eigenvalue weighted by atomic mass is 35.5. The number of phenolic OH excluding ortho intramolecular Hbond substituents is 1. The second-order valence-corrected chi connectivity index (χ2v) is 9.44. The molecule has 9 nitrogen and oxygen atoms in total. The van der Waals surface area contributed by atoms with Gasteiger partial charge >= 0.3 is 0 Å². The summed E-state index contributed by atoms with van der Waals surface area (Å²) in [6, 6.07) is 7.81. The van der Waals surface area contributed by atoms with Gasteiger partial charge in [-0.2, -0.15) is 0 Å². The normalized spacial score (nSPS) is 27.9. The molecule has 0 aromatic heterocycles. The number of primary amides is 1. The van der Waals surface area contributed by atoms with E-state index in [2.05, 4.69) is 0 Å². The first-order chi connectivity index (χ1) is 16.0. The highest BCUT2D eigenvalue weighted by Gasteiger charge is 2.64. The van der Waals surface area contributed by atoms with Gasteiger partial charge in [0.15, 0.2) is 11.4 Å². The number of carbonyl (C=O) groups excluding carboxylic acids is 3. The lowest BCUT2D eigenvalue weighted by atomic mass is 9.57. The number of carbonyl (C=O) groups is 3. The Kier molecular flexibility index (Phi) is 5.71. The van der Waals surface area contributed by atoms with Crippen molar-refractivity contribution in [1.82, 2.24) is 4.90 Å². The molecular formula is C25H25ClN2O7. The average molecular weight is 501 g/mol. The van der Waals surface area contributed by atoms with E-state index in [-0.39, 0.29) is 42.1 Å². The van der Waals surface area contributed by atoms with Crippen LogP contribution >= 0.6 is 12.4 Å². The summed E-state index contributed by atoms with van der Waals surface area (Å²) in [5.74, 6) is -6.47. The summed E-state index contributed by atoms with van der Waals surface area (Å²) in [6.45, 7) is 0. The molecule has 2 aromatic carbocycles. The molecule has 0 unspecified atom stereocenters. The number of aliphatic hydroxyl groups is 3. The molecule has 1 amide bonds. The van der Waals surface area contributed by atoms with Crippen molar-refractivity contribution in [3.8, 4) is 5.75 Å². The van der Waals surface area contributed by atoms with Crippen molar-refractivity contribution in [2.45, 2.75) is 24.5 Å². The molecule has 2 aromatic rings. The number of amides is 1. The lowest BCUT2D eigenvalue weighted by Crippen LogP contribution is -2.65. The monoisotopic (exact) mass is 500 g/mol. The zero-order chi connectivity index (χ0) is 24.7. The molecule has 1 fully saturated rings. The van der Waals surface area contributed by atoms with Crippen LogP contribution in [-0.2, 0) is 20.8 Å². The van der Waals surface area contributed by atoms with Gasteiger partial charge in [-0.15, -0.1) is 12.4 Å². The zero-order valence-electron chi connectivity index (χ0n) is 19.0. The van der Waals surface area contributed by atoms with Gasteiger partial charge in [0, 0.05) is 16.9 Å². The summed E-state index contributed by atoms with van der Waals surface area (Å²) >= 11 is 0. The van der Waals surface area contributed by atoms with Crippen molar-refractivity contribution in [1.29, 1.82) is 0 Å². The first-order valence-electron chi connectivity index (χ1n) is 10.9. The number of benzene rings is 2. The number of rotatable bonds is 2. The zero-order valence-corrected chi connectivity index (χ0v) is 19.8. The number of Topliss-reactive ketones (excluding diaryl/α,β-unsaturated/α-hetero) is 2. The van der Waals surface area contributed by atoms with Crippen molar-refractivity contribution >= 4 is 46.4 Å². The molecule has 3 aliphatic rings. The molecular weight excluding hydrogens is 476 g/mol.